The van der Waals surface area contributed by atoms with E-state index in [9.17, 15) is 9.59 Å². The van der Waals surface area contributed by atoms with Crippen molar-refractivity contribution < 1.29 is 14.7 Å². The minimum atomic E-state index is -0.448. The molecule has 23 heavy (non-hydrogen) atoms. The van der Waals surface area contributed by atoms with Gasteiger partial charge in [0.25, 0.3) is 5.91 Å². The van der Waals surface area contributed by atoms with Crippen molar-refractivity contribution >= 4 is 11.9 Å². The number of aromatic nitrogens is 1. The molecule has 1 aliphatic rings. The van der Waals surface area contributed by atoms with Crippen LogP contribution in [-0.4, -0.2) is 41.2 Å². The lowest BCUT2D eigenvalue weighted by atomic mass is 9.82. The Kier molecular flexibility index (Phi) is 6.34. The summed E-state index contributed by atoms with van der Waals surface area (Å²) in [5.74, 6) is -0.245. The smallest absolute Gasteiger partial charge is 0.315 e. The fraction of sp³-hybridized carbons (Fsp3) is 0.562. The zero-order valence-electron chi connectivity index (χ0n) is 13.1. The number of nitrogens with two attached hydrogens (primary N) is 1. The fourth-order valence-electron chi connectivity index (χ4n) is 2.98. The first-order valence-corrected chi connectivity index (χ1v) is 8.01. The van der Waals surface area contributed by atoms with Crippen LogP contribution in [0.5, 0.6) is 0 Å². The number of primary amides is 1. The SMILES string of the molecule is NC(=O)c1cccnc1C1CCC(NC(=O)NCCCO)CC1. The topological polar surface area (TPSA) is 117 Å². The Morgan fingerprint density at radius 1 is 1.30 bits per heavy atom. The molecule has 0 bridgehead atoms. The molecule has 2 rings (SSSR count). The third-order valence-corrected chi connectivity index (χ3v) is 4.17. The quantitative estimate of drug-likeness (QED) is 0.582. The molecule has 0 saturated heterocycles. The molecular weight excluding hydrogens is 296 g/mol. The number of hydrogen-bond donors (Lipinski definition) is 4. The van der Waals surface area contributed by atoms with Gasteiger partial charge in [-0.3, -0.25) is 9.78 Å². The van der Waals surface area contributed by atoms with Crippen LogP contribution in [-0.2, 0) is 0 Å². The number of nitrogens with zero attached hydrogens (tertiary/aromatic N) is 1. The van der Waals surface area contributed by atoms with Crippen molar-refractivity contribution in [3.05, 3.63) is 29.6 Å². The van der Waals surface area contributed by atoms with Crippen LogP contribution in [0.1, 0.15) is 54.1 Å². The van der Waals surface area contributed by atoms with E-state index in [1.807, 2.05) is 0 Å². The highest BCUT2D eigenvalue weighted by Gasteiger charge is 2.26. The molecule has 5 N–H and O–H groups in total. The molecule has 1 aliphatic carbocycles. The molecule has 1 heterocycles. The lowest BCUT2D eigenvalue weighted by Crippen LogP contribution is -2.44. The molecule has 1 aromatic heterocycles. The lowest BCUT2D eigenvalue weighted by molar-refractivity contribution is 0.0998. The summed E-state index contributed by atoms with van der Waals surface area (Å²) in [7, 11) is 0. The van der Waals surface area contributed by atoms with E-state index < -0.39 is 5.91 Å². The summed E-state index contributed by atoms with van der Waals surface area (Å²) in [4.78, 5) is 27.5. The summed E-state index contributed by atoms with van der Waals surface area (Å²) in [6, 6.07) is 3.36. The van der Waals surface area contributed by atoms with Crippen molar-refractivity contribution in [1.82, 2.24) is 15.6 Å². The van der Waals surface area contributed by atoms with E-state index in [0.717, 1.165) is 31.4 Å². The van der Waals surface area contributed by atoms with Crippen LogP contribution >= 0.6 is 0 Å². The number of carbonyl (C=O) groups excluding carboxylic acids is 2. The van der Waals surface area contributed by atoms with Crippen LogP contribution in [0.25, 0.3) is 0 Å². The predicted octanol–water partition coefficient (Wildman–Crippen LogP) is 0.888. The molecule has 0 aliphatic heterocycles. The molecule has 126 valence electrons. The number of carbonyl (C=O) groups is 2. The maximum Gasteiger partial charge on any atom is 0.315 e. The van der Waals surface area contributed by atoms with Crippen LogP contribution in [0, 0.1) is 0 Å². The van der Waals surface area contributed by atoms with Crippen molar-refractivity contribution in [2.24, 2.45) is 5.73 Å². The summed E-state index contributed by atoms with van der Waals surface area (Å²) >= 11 is 0. The summed E-state index contributed by atoms with van der Waals surface area (Å²) < 4.78 is 0. The van der Waals surface area contributed by atoms with Crippen molar-refractivity contribution in [3.8, 4) is 0 Å². The maximum atomic E-state index is 11.7. The summed E-state index contributed by atoms with van der Waals surface area (Å²) in [6.45, 7) is 0.533. The number of nitrogens with one attached hydrogen (secondary N) is 2. The van der Waals surface area contributed by atoms with Gasteiger partial charge in [-0.15, -0.1) is 0 Å². The number of aliphatic hydroxyl groups is 1. The van der Waals surface area contributed by atoms with Gasteiger partial charge in [-0.05, 0) is 44.2 Å². The van der Waals surface area contributed by atoms with Crippen molar-refractivity contribution in [2.75, 3.05) is 13.2 Å². The minimum Gasteiger partial charge on any atom is -0.396 e. The van der Waals surface area contributed by atoms with Crippen LogP contribution in [0.15, 0.2) is 18.3 Å². The number of urea groups is 1. The maximum absolute atomic E-state index is 11.7. The van der Waals surface area contributed by atoms with Crippen molar-refractivity contribution in [3.63, 3.8) is 0 Å². The van der Waals surface area contributed by atoms with Crippen LogP contribution < -0.4 is 16.4 Å². The van der Waals surface area contributed by atoms with Gasteiger partial charge in [-0.25, -0.2) is 4.79 Å². The Labute approximate surface area is 135 Å². The first kappa shape index (κ1) is 17.2. The normalized spacial score (nSPS) is 20.7. The Morgan fingerprint density at radius 3 is 2.70 bits per heavy atom. The van der Waals surface area contributed by atoms with Crippen LogP contribution in [0.3, 0.4) is 0 Å². The number of amides is 3. The Morgan fingerprint density at radius 2 is 2.04 bits per heavy atom. The monoisotopic (exact) mass is 320 g/mol. The summed E-state index contributed by atoms with van der Waals surface area (Å²) in [6.07, 6.45) is 5.63. The second-order valence-electron chi connectivity index (χ2n) is 5.83. The molecule has 0 aromatic carbocycles. The van der Waals surface area contributed by atoms with E-state index in [1.54, 1.807) is 18.3 Å². The van der Waals surface area contributed by atoms with Crippen LogP contribution in [0.4, 0.5) is 4.79 Å². The number of hydrogen-bond acceptors (Lipinski definition) is 4. The molecule has 1 saturated carbocycles. The highest BCUT2D eigenvalue weighted by molar-refractivity contribution is 5.94. The zero-order chi connectivity index (χ0) is 16.7. The number of pyridine rings is 1. The predicted molar refractivity (Wildman–Crippen MR) is 86.0 cm³/mol. The van der Waals surface area contributed by atoms with E-state index >= 15 is 0 Å². The summed E-state index contributed by atoms with van der Waals surface area (Å²) in [5.41, 5.74) is 6.67. The van der Waals surface area contributed by atoms with E-state index in [0.29, 0.717) is 18.5 Å². The molecule has 0 radical (unpaired) electrons. The zero-order valence-corrected chi connectivity index (χ0v) is 13.1. The molecule has 3 amide bonds. The standard InChI is InChI=1S/C16H24N4O3/c17-15(22)13-3-1-8-18-14(13)11-4-6-12(7-5-11)20-16(23)19-9-2-10-21/h1,3,8,11-12,21H,2,4-7,9-10H2,(H2,17,22)(H2,19,20,23). The third kappa shape index (κ3) is 4.92. The minimum absolute atomic E-state index is 0.0671. The van der Waals surface area contributed by atoms with Crippen molar-refractivity contribution in [2.45, 2.75) is 44.1 Å². The Hall–Kier alpha value is -2.15. The molecule has 1 fully saturated rings. The lowest BCUT2D eigenvalue weighted by Gasteiger charge is -2.29. The van der Waals surface area contributed by atoms with Gasteiger partial charge in [0.2, 0.25) is 0 Å². The molecular formula is C16H24N4O3. The Bertz CT molecular complexity index is 542. The van der Waals surface area contributed by atoms with Crippen LogP contribution in [0.2, 0.25) is 0 Å². The average molecular weight is 320 g/mol. The van der Waals surface area contributed by atoms with Gasteiger partial charge in [0, 0.05) is 31.3 Å². The highest BCUT2D eigenvalue weighted by atomic mass is 16.3. The third-order valence-electron chi connectivity index (χ3n) is 4.17. The van der Waals surface area contributed by atoms with E-state index in [2.05, 4.69) is 15.6 Å². The number of rotatable bonds is 6. The second kappa shape index (κ2) is 8.47. The number of aliphatic hydroxyl groups excluding tert-OH is 1. The first-order valence-electron chi connectivity index (χ1n) is 8.01. The van der Waals surface area contributed by atoms with E-state index in [-0.39, 0.29) is 24.6 Å². The van der Waals surface area contributed by atoms with Crippen molar-refractivity contribution in [1.29, 1.82) is 0 Å². The fourth-order valence-corrected chi connectivity index (χ4v) is 2.98. The average Bonchev–Trinajstić information content (AvgIpc) is 2.56. The Balaban J connectivity index is 1.85. The van der Waals surface area contributed by atoms with Gasteiger partial charge in [0.1, 0.15) is 0 Å². The molecule has 0 unspecified atom stereocenters. The highest BCUT2D eigenvalue weighted by Crippen LogP contribution is 2.33. The van der Waals surface area contributed by atoms with Gasteiger partial charge >= 0.3 is 6.03 Å². The largest absolute Gasteiger partial charge is 0.396 e. The second-order valence-corrected chi connectivity index (χ2v) is 5.83. The van der Waals surface area contributed by atoms with Gasteiger partial charge < -0.3 is 21.5 Å². The molecule has 0 atom stereocenters. The molecule has 7 heteroatoms. The van der Waals surface area contributed by atoms with Gasteiger partial charge in [-0.1, -0.05) is 0 Å². The van der Waals surface area contributed by atoms with Gasteiger partial charge in [0.05, 0.1) is 11.3 Å². The molecule has 7 nitrogen and oxygen atoms in total. The van der Waals surface area contributed by atoms with Gasteiger partial charge in [-0.2, -0.15) is 0 Å². The molecule has 0 spiro atoms. The summed E-state index contributed by atoms with van der Waals surface area (Å²) in [5, 5.41) is 14.3. The first-order chi connectivity index (χ1) is 11.1. The van der Waals surface area contributed by atoms with E-state index in [4.69, 9.17) is 10.8 Å². The van der Waals surface area contributed by atoms with Gasteiger partial charge in [0.15, 0.2) is 0 Å². The van der Waals surface area contributed by atoms with E-state index in [1.165, 1.54) is 0 Å². The molecule has 1 aromatic rings.